The predicted molar refractivity (Wildman–Crippen MR) is 182 cm³/mol. The third-order valence-corrected chi connectivity index (χ3v) is 8.75. The van der Waals surface area contributed by atoms with Gasteiger partial charge in [0.1, 0.15) is 11.5 Å². The van der Waals surface area contributed by atoms with Crippen molar-refractivity contribution in [2.24, 2.45) is 9.98 Å². The summed E-state index contributed by atoms with van der Waals surface area (Å²) in [5.74, 6) is -0.0686. The molecule has 0 aromatic heterocycles. The van der Waals surface area contributed by atoms with E-state index in [2.05, 4.69) is 0 Å². The summed E-state index contributed by atoms with van der Waals surface area (Å²) in [6, 6.07) is 27.7. The highest BCUT2D eigenvalue weighted by molar-refractivity contribution is 6.25. The van der Waals surface area contributed by atoms with Crippen molar-refractivity contribution >= 4 is 44.5 Å². The molecule has 0 amide bonds. The van der Waals surface area contributed by atoms with E-state index in [0.29, 0.717) is 67.6 Å². The second kappa shape index (κ2) is 13.4. The first-order valence-electron chi connectivity index (χ1n) is 15.8. The number of allylic oxidation sites excluding steroid dienone is 4. The normalized spacial score (nSPS) is 20.6. The highest BCUT2D eigenvalue weighted by Gasteiger charge is 2.28. The molecule has 228 valence electrons. The maximum atomic E-state index is 13.1. The van der Waals surface area contributed by atoms with Crippen molar-refractivity contribution in [2.45, 2.75) is 64.3 Å². The first-order valence-corrected chi connectivity index (χ1v) is 15.8. The first-order chi connectivity index (χ1) is 21.9. The summed E-state index contributed by atoms with van der Waals surface area (Å²) < 4.78 is 0. The fourth-order valence-corrected chi connectivity index (χ4v) is 6.58. The predicted octanol–water partition coefficient (Wildman–Crippen LogP) is 8.18. The summed E-state index contributed by atoms with van der Waals surface area (Å²) in [5, 5.41) is 26.8. The molecule has 2 N–H and O–H groups in total. The van der Waals surface area contributed by atoms with Gasteiger partial charge in [-0.15, -0.1) is 0 Å². The molecule has 6 rings (SSSR count). The minimum atomic E-state index is -0.280. The molecule has 0 heterocycles. The van der Waals surface area contributed by atoms with Crippen LogP contribution in [0.5, 0.6) is 0 Å². The van der Waals surface area contributed by atoms with Gasteiger partial charge < -0.3 is 10.2 Å². The molecule has 4 aromatic carbocycles. The van der Waals surface area contributed by atoms with Crippen LogP contribution in [0.2, 0.25) is 0 Å². The van der Waals surface area contributed by atoms with E-state index >= 15 is 0 Å². The molecule has 45 heavy (non-hydrogen) atoms. The van der Waals surface area contributed by atoms with Crippen molar-refractivity contribution in [3.8, 4) is 0 Å². The Balaban J connectivity index is 1.25. The lowest BCUT2D eigenvalue weighted by Crippen LogP contribution is -2.25. The van der Waals surface area contributed by atoms with E-state index in [1.165, 1.54) is 0 Å². The number of carbonyl (C=O) groups excluding carboxylic acids is 2. The molecule has 4 aromatic rings. The largest absolute Gasteiger partial charge is 0.511 e. The number of carbonyl (C=O) groups is 2. The van der Waals surface area contributed by atoms with E-state index < -0.39 is 0 Å². The third-order valence-electron chi connectivity index (χ3n) is 8.75. The highest BCUT2D eigenvalue weighted by atomic mass is 16.3. The topological polar surface area (TPSA) is 99.3 Å². The number of hydrogen-bond acceptors (Lipinski definition) is 6. The second-order valence-corrected chi connectivity index (χ2v) is 12.0. The van der Waals surface area contributed by atoms with E-state index in [-0.39, 0.29) is 42.0 Å². The molecule has 2 saturated carbocycles. The number of aliphatic hydroxyl groups excluding tert-OH is 2. The Labute approximate surface area is 263 Å². The zero-order chi connectivity index (χ0) is 31.3. The quantitative estimate of drug-likeness (QED) is 0.166. The molecule has 6 heteroatoms. The van der Waals surface area contributed by atoms with Gasteiger partial charge in [0, 0.05) is 37.1 Å². The monoisotopic (exact) mass is 598 g/mol. The van der Waals surface area contributed by atoms with Crippen molar-refractivity contribution in [3.63, 3.8) is 0 Å². The van der Waals surface area contributed by atoms with Gasteiger partial charge in [-0.25, -0.2) is 0 Å². The number of ketones is 2. The van der Waals surface area contributed by atoms with Crippen LogP contribution in [0.1, 0.15) is 56.6 Å². The molecule has 0 bridgehead atoms. The molecule has 2 fully saturated rings. The van der Waals surface area contributed by atoms with Gasteiger partial charge in [0.2, 0.25) is 0 Å². The van der Waals surface area contributed by atoms with Crippen molar-refractivity contribution in [2.75, 3.05) is 6.54 Å². The minimum absolute atomic E-state index is 0.0507. The van der Waals surface area contributed by atoms with E-state index in [9.17, 15) is 19.8 Å². The smallest absolute Gasteiger partial charge is 0.168 e. The van der Waals surface area contributed by atoms with Gasteiger partial charge in [0.25, 0.3) is 0 Å². The number of Topliss-reactive ketones (excluding diaryl/α,β-unsaturated/α-hetero) is 2. The van der Waals surface area contributed by atoms with Gasteiger partial charge in [-0.1, -0.05) is 84.9 Å². The van der Waals surface area contributed by atoms with Crippen molar-refractivity contribution in [1.82, 2.24) is 0 Å². The summed E-state index contributed by atoms with van der Waals surface area (Å²) in [6.07, 6.45) is 3.88. The van der Waals surface area contributed by atoms with Gasteiger partial charge in [-0.05, 0) is 65.3 Å². The number of aliphatic imine (C=N–C) groups is 2. The van der Waals surface area contributed by atoms with Crippen LogP contribution in [0.3, 0.4) is 0 Å². The number of hydrogen-bond donors (Lipinski definition) is 2. The molecule has 0 radical (unpaired) electrons. The van der Waals surface area contributed by atoms with Crippen LogP contribution in [-0.2, 0) is 22.4 Å². The van der Waals surface area contributed by atoms with E-state index in [1.54, 1.807) is 0 Å². The van der Waals surface area contributed by atoms with Crippen LogP contribution >= 0.6 is 0 Å². The van der Waals surface area contributed by atoms with Crippen molar-refractivity contribution in [1.29, 1.82) is 0 Å². The molecule has 6 nitrogen and oxygen atoms in total. The maximum Gasteiger partial charge on any atom is 0.168 e. The number of aliphatic hydroxyl groups is 2. The lowest BCUT2D eigenvalue weighted by atomic mass is 9.88. The van der Waals surface area contributed by atoms with Gasteiger partial charge >= 0.3 is 0 Å². The zero-order valence-electron chi connectivity index (χ0n) is 25.6. The van der Waals surface area contributed by atoms with E-state index in [4.69, 9.17) is 9.98 Å². The summed E-state index contributed by atoms with van der Waals surface area (Å²) in [4.78, 5) is 35.8. The van der Waals surface area contributed by atoms with Gasteiger partial charge in [-0.2, -0.15) is 0 Å². The fourth-order valence-electron chi connectivity index (χ4n) is 6.58. The molecule has 2 aliphatic rings. The number of benzene rings is 4. The van der Waals surface area contributed by atoms with Crippen molar-refractivity contribution < 1.29 is 19.8 Å². The second-order valence-electron chi connectivity index (χ2n) is 12.0. The Hall–Kier alpha value is -4.84. The molecule has 0 aliphatic heterocycles. The summed E-state index contributed by atoms with van der Waals surface area (Å²) in [7, 11) is 0. The average Bonchev–Trinajstić information content (AvgIpc) is 3.04. The Morgan fingerprint density at radius 3 is 1.67 bits per heavy atom. The molecular weight excluding hydrogens is 560 g/mol. The third kappa shape index (κ3) is 6.65. The Kier molecular flexibility index (Phi) is 9.01. The van der Waals surface area contributed by atoms with Crippen LogP contribution in [0.15, 0.2) is 118 Å². The van der Waals surface area contributed by atoms with Crippen LogP contribution in [-0.4, -0.2) is 45.8 Å². The number of fused-ring (bicyclic) bond motifs is 2. The molecular formula is C39H38N2O4. The maximum absolute atomic E-state index is 13.1. The zero-order valence-corrected chi connectivity index (χ0v) is 25.6. The Morgan fingerprint density at radius 2 is 1.11 bits per heavy atom. The van der Waals surface area contributed by atoms with Crippen LogP contribution in [0.25, 0.3) is 21.5 Å². The number of nitrogens with zero attached hydrogens (tertiary/aromatic N) is 2. The van der Waals surface area contributed by atoms with E-state index in [0.717, 1.165) is 32.7 Å². The van der Waals surface area contributed by atoms with Gasteiger partial charge in [0.15, 0.2) is 11.6 Å². The first kappa shape index (κ1) is 30.2. The lowest BCUT2D eigenvalue weighted by Gasteiger charge is -2.21. The van der Waals surface area contributed by atoms with Crippen molar-refractivity contribution in [3.05, 3.63) is 119 Å². The lowest BCUT2D eigenvalue weighted by molar-refractivity contribution is -0.116. The molecule has 0 spiro atoms. The standard InChI is InChI=1S/C39H38N2O4/c1-25(41-33-19-9-21-35(43)39(33)37(45)23-29-15-7-13-27-11-3-5-17-31(27)29)24-40-32-18-8-20-34(42)38(32)36(44)22-28-14-6-12-26-10-2-4-16-30(26)28/h2-7,10-17,25,44-45H,8-9,18-24H2,1H3/b38-36+,39-37-,40-32?,41-33?. The SMILES string of the molecule is CC(CN=C1CCCC(=O)/C1=C(/O)Cc1cccc2ccccc12)N=C1CCCC(=O)/C1=C(\O)Cc1cccc2ccccc12. The van der Waals surface area contributed by atoms with Crippen LogP contribution in [0, 0.1) is 0 Å². The number of rotatable bonds is 7. The summed E-state index contributed by atoms with van der Waals surface area (Å²) in [6.45, 7) is 2.24. The fraction of sp³-hybridized carbons (Fsp3) is 0.282. The Morgan fingerprint density at radius 1 is 0.644 bits per heavy atom. The van der Waals surface area contributed by atoms with Crippen LogP contribution < -0.4 is 0 Å². The highest BCUT2D eigenvalue weighted by Crippen LogP contribution is 2.28. The molecule has 0 saturated heterocycles. The molecule has 2 aliphatic carbocycles. The average molecular weight is 599 g/mol. The van der Waals surface area contributed by atoms with Gasteiger partial charge in [-0.3, -0.25) is 19.6 Å². The van der Waals surface area contributed by atoms with E-state index in [1.807, 2.05) is 91.9 Å². The minimum Gasteiger partial charge on any atom is -0.511 e. The van der Waals surface area contributed by atoms with Crippen LogP contribution in [0.4, 0.5) is 0 Å². The summed E-state index contributed by atoms with van der Waals surface area (Å²) >= 11 is 0. The summed E-state index contributed by atoms with van der Waals surface area (Å²) in [5.41, 5.74) is 3.81. The molecule has 1 atom stereocenters. The Bertz CT molecular complexity index is 1900. The van der Waals surface area contributed by atoms with Gasteiger partial charge in [0.05, 0.1) is 23.7 Å². The molecule has 1 unspecified atom stereocenters.